The number of nitrogens with zero attached hydrogens (tertiary/aromatic N) is 1. The van der Waals surface area contributed by atoms with Gasteiger partial charge in [0.05, 0.1) is 0 Å². The van der Waals surface area contributed by atoms with Crippen LogP contribution in [0.5, 0.6) is 0 Å². The summed E-state index contributed by atoms with van der Waals surface area (Å²) in [5, 5.41) is 0. The molecule has 1 aliphatic heterocycles. The molecule has 0 spiro atoms. The topological polar surface area (TPSA) is 37.4 Å². The molecule has 1 rings (SSSR count). The lowest BCUT2D eigenvalue weighted by Gasteiger charge is -2.38. The number of rotatable bonds is 12. The van der Waals surface area contributed by atoms with E-state index < -0.39 is 0 Å². The fraction of sp³-hybridized carbons (Fsp3) is 0.789. The molecule has 0 aromatic heterocycles. The molecule has 1 aliphatic rings. The second kappa shape index (κ2) is 9.81. The summed E-state index contributed by atoms with van der Waals surface area (Å²) < 4.78 is 0. The van der Waals surface area contributed by atoms with Crippen molar-refractivity contribution in [2.24, 2.45) is 0 Å². The highest BCUT2D eigenvalue weighted by Crippen LogP contribution is 2.31. The molecule has 3 heteroatoms. The molecule has 0 saturated heterocycles. The van der Waals surface area contributed by atoms with Crippen LogP contribution in [0.1, 0.15) is 91.4 Å². The summed E-state index contributed by atoms with van der Waals surface area (Å²) in [7, 11) is 0. The van der Waals surface area contributed by atoms with Gasteiger partial charge in [-0.1, -0.05) is 71.6 Å². The zero-order chi connectivity index (χ0) is 16.4. The van der Waals surface area contributed by atoms with Crippen molar-refractivity contribution < 1.29 is 9.59 Å². The minimum Gasteiger partial charge on any atom is -0.269 e. The molecule has 1 unspecified atom stereocenters. The average Bonchev–Trinajstić information content (AvgIpc) is 2.83. The van der Waals surface area contributed by atoms with Crippen LogP contribution in [0.4, 0.5) is 0 Å². The van der Waals surface area contributed by atoms with Gasteiger partial charge in [0.15, 0.2) is 0 Å². The van der Waals surface area contributed by atoms with E-state index in [1.54, 1.807) is 0 Å². The molecule has 1 heterocycles. The van der Waals surface area contributed by atoms with Gasteiger partial charge < -0.3 is 0 Å². The molecule has 0 saturated carbocycles. The maximum atomic E-state index is 12.1. The van der Waals surface area contributed by atoms with E-state index in [0.717, 1.165) is 38.5 Å². The summed E-state index contributed by atoms with van der Waals surface area (Å²) >= 11 is 0. The van der Waals surface area contributed by atoms with Crippen LogP contribution in [0.25, 0.3) is 0 Å². The lowest BCUT2D eigenvalue weighted by atomic mass is 9.86. The quantitative estimate of drug-likeness (QED) is 0.376. The lowest BCUT2D eigenvalue weighted by Crippen LogP contribution is -2.49. The smallest absolute Gasteiger partial charge is 0.254 e. The predicted molar refractivity (Wildman–Crippen MR) is 91.5 cm³/mol. The largest absolute Gasteiger partial charge is 0.269 e. The van der Waals surface area contributed by atoms with Crippen molar-refractivity contribution in [3.8, 4) is 0 Å². The van der Waals surface area contributed by atoms with Crippen LogP contribution < -0.4 is 0 Å². The molecule has 126 valence electrons. The number of carbonyl (C=O) groups excluding carboxylic acids is 2. The monoisotopic (exact) mass is 307 g/mol. The lowest BCUT2D eigenvalue weighted by molar-refractivity contribution is -0.144. The first-order valence-electron chi connectivity index (χ1n) is 9.11. The van der Waals surface area contributed by atoms with E-state index in [4.69, 9.17) is 0 Å². The highest BCUT2D eigenvalue weighted by molar-refractivity contribution is 6.13. The minimum atomic E-state index is -0.308. The average molecular weight is 307 g/mol. The number of hydrogen-bond acceptors (Lipinski definition) is 2. The Morgan fingerprint density at radius 1 is 0.773 bits per heavy atom. The molecule has 0 N–H and O–H groups in total. The Morgan fingerprint density at radius 3 is 1.73 bits per heavy atom. The Balaban J connectivity index is 2.54. The molecule has 3 nitrogen and oxygen atoms in total. The van der Waals surface area contributed by atoms with Crippen molar-refractivity contribution in [2.75, 3.05) is 0 Å². The summed E-state index contributed by atoms with van der Waals surface area (Å²) in [5.74, 6) is -0.259. The Bertz CT molecular complexity index is 371. The van der Waals surface area contributed by atoms with Gasteiger partial charge in [-0.15, -0.1) is 0 Å². The number of carbonyl (C=O) groups is 2. The normalized spacial score (nSPS) is 17.3. The molecular weight excluding hydrogens is 274 g/mol. The van der Waals surface area contributed by atoms with Crippen LogP contribution in [0.2, 0.25) is 0 Å². The maximum absolute atomic E-state index is 12.1. The zero-order valence-electron chi connectivity index (χ0n) is 14.7. The van der Waals surface area contributed by atoms with E-state index in [-0.39, 0.29) is 17.4 Å². The van der Waals surface area contributed by atoms with Crippen LogP contribution in [0, 0.1) is 0 Å². The first kappa shape index (κ1) is 18.9. The second-order valence-corrected chi connectivity index (χ2v) is 6.82. The van der Waals surface area contributed by atoms with Crippen molar-refractivity contribution in [1.82, 2.24) is 4.90 Å². The van der Waals surface area contributed by atoms with E-state index in [0.29, 0.717) is 0 Å². The first-order chi connectivity index (χ1) is 10.5. The Hall–Kier alpha value is -1.12. The van der Waals surface area contributed by atoms with Crippen LogP contribution >= 0.6 is 0 Å². The fourth-order valence-corrected chi connectivity index (χ4v) is 3.32. The molecular formula is C19H33NO2. The van der Waals surface area contributed by atoms with E-state index in [1.165, 1.54) is 49.2 Å². The molecule has 1 atom stereocenters. The molecule has 0 radical (unpaired) electrons. The SMILES string of the molecule is CCCCCCCCC(C)(CCCCC)N1C(=O)C=CC1=O. The van der Waals surface area contributed by atoms with Crippen LogP contribution in [-0.2, 0) is 9.59 Å². The Morgan fingerprint density at radius 2 is 1.18 bits per heavy atom. The maximum Gasteiger partial charge on any atom is 0.254 e. The van der Waals surface area contributed by atoms with Gasteiger partial charge in [-0.25, -0.2) is 0 Å². The number of hydrogen-bond donors (Lipinski definition) is 0. The molecule has 0 aliphatic carbocycles. The Labute approximate surface area is 136 Å². The summed E-state index contributed by atoms with van der Waals surface area (Å²) in [4.78, 5) is 25.6. The highest BCUT2D eigenvalue weighted by atomic mass is 16.2. The molecule has 2 amide bonds. The first-order valence-corrected chi connectivity index (χ1v) is 9.11. The summed E-state index contributed by atoms with van der Waals surface area (Å²) in [6.07, 6.45) is 15.5. The third kappa shape index (κ3) is 5.58. The van der Waals surface area contributed by atoms with Gasteiger partial charge in [-0.3, -0.25) is 14.5 Å². The highest BCUT2D eigenvalue weighted by Gasteiger charge is 2.39. The van der Waals surface area contributed by atoms with Crippen LogP contribution in [-0.4, -0.2) is 22.3 Å². The minimum absolute atomic E-state index is 0.130. The van der Waals surface area contributed by atoms with Gasteiger partial charge in [-0.05, 0) is 19.8 Å². The Kier molecular flexibility index (Phi) is 8.44. The van der Waals surface area contributed by atoms with Gasteiger partial charge in [0.2, 0.25) is 0 Å². The van der Waals surface area contributed by atoms with Crippen LogP contribution in [0.15, 0.2) is 12.2 Å². The van der Waals surface area contributed by atoms with Gasteiger partial charge in [0, 0.05) is 17.7 Å². The summed E-state index contributed by atoms with van der Waals surface area (Å²) in [5.41, 5.74) is -0.308. The summed E-state index contributed by atoms with van der Waals surface area (Å²) in [6, 6.07) is 0. The van der Waals surface area contributed by atoms with Gasteiger partial charge in [-0.2, -0.15) is 0 Å². The van der Waals surface area contributed by atoms with Crippen molar-refractivity contribution in [1.29, 1.82) is 0 Å². The zero-order valence-corrected chi connectivity index (χ0v) is 14.7. The van der Waals surface area contributed by atoms with Crippen molar-refractivity contribution >= 4 is 11.8 Å². The van der Waals surface area contributed by atoms with Crippen molar-refractivity contribution in [2.45, 2.75) is 96.9 Å². The molecule has 0 aromatic carbocycles. The molecule has 0 bridgehead atoms. The third-order valence-corrected chi connectivity index (χ3v) is 4.74. The van der Waals surface area contributed by atoms with Gasteiger partial charge >= 0.3 is 0 Å². The molecule has 22 heavy (non-hydrogen) atoms. The van der Waals surface area contributed by atoms with Crippen molar-refractivity contribution in [3.63, 3.8) is 0 Å². The van der Waals surface area contributed by atoms with E-state index in [2.05, 4.69) is 20.8 Å². The van der Waals surface area contributed by atoms with Gasteiger partial charge in [0.25, 0.3) is 11.8 Å². The molecule has 0 aromatic rings. The standard InChI is InChI=1S/C19H33NO2/c1-4-6-8-9-10-12-16-19(3,15-11-7-5-2)20-17(21)13-14-18(20)22/h13-14H,4-12,15-16H2,1-3H3. The predicted octanol–water partition coefficient (Wildman–Crippen LogP) is 5.00. The third-order valence-electron chi connectivity index (χ3n) is 4.74. The van der Waals surface area contributed by atoms with E-state index in [9.17, 15) is 9.59 Å². The second-order valence-electron chi connectivity index (χ2n) is 6.82. The van der Waals surface area contributed by atoms with Gasteiger partial charge in [0.1, 0.15) is 0 Å². The van der Waals surface area contributed by atoms with Crippen LogP contribution in [0.3, 0.4) is 0 Å². The van der Waals surface area contributed by atoms with E-state index >= 15 is 0 Å². The number of amides is 2. The fourth-order valence-electron chi connectivity index (χ4n) is 3.32. The molecule has 0 fully saturated rings. The summed E-state index contributed by atoms with van der Waals surface area (Å²) in [6.45, 7) is 6.50. The number of imide groups is 1. The van der Waals surface area contributed by atoms with Crippen molar-refractivity contribution in [3.05, 3.63) is 12.2 Å². The van der Waals surface area contributed by atoms with E-state index in [1.807, 2.05) is 0 Å². The number of unbranched alkanes of at least 4 members (excludes halogenated alkanes) is 7.